The summed E-state index contributed by atoms with van der Waals surface area (Å²) in [5.41, 5.74) is 7.53. The van der Waals surface area contributed by atoms with Crippen LogP contribution in [0.2, 0.25) is 0 Å². The van der Waals surface area contributed by atoms with E-state index in [0.717, 1.165) is 30.0 Å². The van der Waals surface area contributed by atoms with E-state index < -0.39 is 0 Å². The largest absolute Gasteiger partial charge is 0.494 e. The van der Waals surface area contributed by atoms with E-state index in [4.69, 9.17) is 10.5 Å². The molecule has 2 aromatic carbocycles. The lowest BCUT2D eigenvalue weighted by atomic mass is 10.2. The van der Waals surface area contributed by atoms with Crippen LogP contribution in [0, 0.1) is 5.82 Å². The van der Waals surface area contributed by atoms with Crippen LogP contribution in [0.25, 0.3) is 0 Å². The standard InChI is InChI=1S/C17H21FN2O/c1-20(16-7-3-6-15(18)12-16)9-4-10-21-17-8-2-5-14(11-17)13-19/h2-3,5-8,11-12H,4,9-10,13,19H2,1H3. The Bertz CT molecular complexity index is 574. The first kappa shape index (κ1) is 15.3. The number of anilines is 1. The molecule has 2 aromatic rings. The van der Waals surface area contributed by atoms with Crippen molar-refractivity contribution in [3.05, 3.63) is 59.9 Å². The molecule has 3 nitrogen and oxygen atoms in total. The van der Waals surface area contributed by atoms with Crippen molar-refractivity contribution in [1.29, 1.82) is 0 Å². The van der Waals surface area contributed by atoms with E-state index in [-0.39, 0.29) is 5.82 Å². The molecule has 0 atom stereocenters. The topological polar surface area (TPSA) is 38.5 Å². The molecule has 0 saturated heterocycles. The van der Waals surface area contributed by atoms with Gasteiger partial charge in [0.15, 0.2) is 0 Å². The maximum absolute atomic E-state index is 13.1. The van der Waals surface area contributed by atoms with Gasteiger partial charge in [-0.15, -0.1) is 0 Å². The van der Waals surface area contributed by atoms with Gasteiger partial charge >= 0.3 is 0 Å². The molecule has 0 bridgehead atoms. The fourth-order valence-electron chi connectivity index (χ4n) is 2.10. The molecule has 0 amide bonds. The van der Waals surface area contributed by atoms with E-state index in [0.29, 0.717) is 13.2 Å². The fraction of sp³-hybridized carbons (Fsp3) is 0.294. The molecule has 4 heteroatoms. The maximum Gasteiger partial charge on any atom is 0.125 e. The van der Waals surface area contributed by atoms with Crippen molar-refractivity contribution in [3.63, 3.8) is 0 Å². The van der Waals surface area contributed by atoms with Crippen LogP contribution in [-0.4, -0.2) is 20.2 Å². The van der Waals surface area contributed by atoms with Gasteiger partial charge in [-0.1, -0.05) is 18.2 Å². The minimum atomic E-state index is -0.214. The second-order valence-corrected chi connectivity index (χ2v) is 4.95. The van der Waals surface area contributed by atoms with E-state index in [9.17, 15) is 4.39 Å². The Labute approximate surface area is 125 Å². The molecule has 0 radical (unpaired) electrons. The zero-order valence-electron chi connectivity index (χ0n) is 12.3. The average molecular weight is 288 g/mol. The molecule has 0 saturated carbocycles. The van der Waals surface area contributed by atoms with Crippen LogP contribution < -0.4 is 15.4 Å². The highest BCUT2D eigenvalue weighted by molar-refractivity contribution is 5.45. The zero-order chi connectivity index (χ0) is 15.1. The Morgan fingerprint density at radius 2 is 1.95 bits per heavy atom. The van der Waals surface area contributed by atoms with Crippen LogP contribution in [0.4, 0.5) is 10.1 Å². The number of benzene rings is 2. The van der Waals surface area contributed by atoms with Crippen LogP contribution in [0.5, 0.6) is 5.75 Å². The number of nitrogens with zero attached hydrogens (tertiary/aromatic N) is 1. The van der Waals surface area contributed by atoms with Gasteiger partial charge in [0.25, 0.3) is 0 Å². The van der Waals surface area contributed by atoms with Crippen molar-refractivity contribution < 1.29 is 9.13 Å². The maximum atomic E-state index is 13.1. The third-order valence-corrected chi connectivity index (χ3v) is 3.29. The molecule has 0 aliphatic heterocycles. The summed E-state index contributed by atoms with van der Waals surface area (Å²) in [7, 11) is 1.95. The number of nitrogens with two attached hydrogens (primary N) is 1. The number of rotatable bonds is 7. The first-order chi connectivity index (χ1) is 10.2. The minimum absolute atomic E-state index is 0.214. The molecular formula is C17H21FN2O. The Morgan fingerprint density at radius 3 is 2.71 bits per heavy atom. The minimum Gasteiger partial charge on any atom is -0.494 e. The molecule has 0 aliphatic carbocycles. The third kappa shape index (κ3) is 4.76. The monoisotopic (exact) mass is 288 g/mol. The summed E-state index contributed by atoms with van der Waals surface area (Å²) in [6.45, 7) is 1.94. The van der Waals surface area contributed by atoms with Gasteiger partial charge in [0.1, 0.15) is 11.6 Å². The molecule has 0 aromatic heterocycles. The van der Waals surface area contributed by atoms with Gasteiger partial charge in [-0.2, -0.15) is 0 Å². The molecule has 2 N–H and O–H groups in total. The summed E-state index contributed by atoms with van der Waals surface area (Å²) in [4.78, 5) is 2.02. The van der Waals surface area contributed by atoms with Crippen molar-refractivity contribution in [2.75, 3.05) is 25.1 Å². The molecule has 112 valence electrons. The van der Waals surface area contributed by atoms with E-state index in [1.165, 1.54) is 12.1 Å². The second-order valence-electron chi connectivity index (χ2n) is 4.95. The van der Waals surface area contributed by atoms with Crippen LogP contribution in [0.3, 0.4) is 0 Å². The highest BCUT2D eigenvalue weighted by Gasteiger charge is 2.02. The Morgan fingerprint density at radius 1 is 1.14 bits per heavy atom. The first-order valence-electron chi connectivity index (χ1n) is 7.07. The van der Waals surface area contributed by atoms with Crippen molar-refractivity contribution in [2.45, 2.75) is 13.0 Å². The average Bonchev–Trinajstić information content (AvgIpc) is 2.51. The highest BCUT2D eigenvalue weighted by Crippen LogP contribution is 2.15. The first-order valence-corrected chi connectivity index (χ1v) is 7.07. The quantitative estimate of drug-likeness (QED) is 0.795. The van der Waals surface area contributed by atoms with Gasteiger partial charge in [0.05, 0.1) is 6.61 Å². The van der Waals surface area contributed by atoms with Gasteiger partial charge in [0.2, 0.25) is 0 Å². The predicted octanol–water partition coefficient (Wildman–Crippen LogP) is 3.19. The van der Waals surface area contributed by atoms with Crippen LogP contribution in [0.1, 0.15) is 12.0 Å². The molecule has 0 unspecified atom stereocenters. The van der Waals surface area contributed by atoms with E-state index >= 15 is 0 Å². The fourth-order valence-corrected chi connectivity index (χ4v) is 2.10. The molecule has 0 spiro atoms. The van der Waals surface area contributed by atoms with Crippen LogP contribution >= 0.6 is 0 Å². The van der Waals surface area contributed by atoms with Gasteiger partial charge in [-0.3, -0.25) is 0 Å². The Hall–Kier alpha value is -2.07. The molecule has 0 fully saturated rings. The van der Waals surface area contributed by atoms with Crippen molar-refractivity contribution in [1.82, 2.24) is 0 Å². The normalized spacial score (nSPS) is 10.4. The van der Waals surface area contributed by atoms with Crippen molar-refractivity contribution >= 4 is 5.69 Å². The van der Waals surface area contributed by atoms with Crippen molar-refractivity contribution in [3.8, 4) is 5.75 Å². The SMILES string of the molecule is CN(CCCOc1cccc(CN)c1)c1cccc(F)c1. The summed E-state index contributed by atoms with van der Waals surface area (Å²) >= 11 is 0. The Balaban J connectivity index is 1.76. The third-order valence-electron chi connectivity index (χ3n) is 3.29. The van der Waals surface area contributed by atoms with Crippen molar-refractivity contribution in [2.24, 2.45) is 5.73 Å². The predicted molar refractivity (Wildman–Crippen MR) is 84.1 cm³/mol. The smallest absolute Gasteiger partial charge is 0.125 e. The van der Waals surface area contributed by atoms with Crippen LogP contribution in [0.15, 0.2) is 48.5 Å². The summed E-state index contributed by atoms with van der Waals surface area (Å²) in [6, 6.07) is 14.4. The molecule has 0 aliphatic rings. The number of ether oxygens (including phenoxy) is 1. The van der Waals surface area contributed by atoms with Crippen LogP contribution in [-0.2, 0) is 6.54 Å². The second kappa shape index (κ2) is 7.64. The summed E-state index contributed by atoms with van der Waals surface area (Å²) in [5.74, 6) is 0.626. The summed E-state index contributed by atoms with van der Waals surface area (Å²) in [5, 5.41) is 0. The number of hydrogen-bond donors (Lipinski definition) is 1. The lowest BCUT2D eigenvalue weighted by Crippen LogP contribution is -2.20. The number of hydrogen-bond acceptors (Lipinski definition) is 3. The molecule has 2 rings (SSSR count). The zero-order valence-corrected chi connectivity index (χ0v) is 12.3. The molecular weight excluding hydrogens is 267 g/mol. The Kier molecular flexibility index (Phi) is 5.58. The van der Waals surface area contributed by atoms with Gasteiger partial charge in [-0.05, 0) is 42.3 Å². The summed E-state index contributed by atoms with van der Waals surface area (Å²) in [6.07, 6.45) is 0.861. The molecule has 0 heterocycles. The van der Waals surface area contributed by atoms with Gasteiger partial charge < -0.3 is 15.4 Å². The van der Waals surface area contributed by atoms with E-state index in [1.807, 2.05) is 42.3 Å². The summed E-state index contributed by atoms with van der Waals surface area (Å²) < 4.78 is 18.8. The number of halogens is 1. The molecule has 21 heavy (non-hydrogen) atoms. The van der Waals surface area contributed by atoms with E-state index in [2.05, 4.69) is 0 Å². The lowest BCUT2D eigenvalue weighted by Gasteiger charge is -2.19. The van der Waals surface area contributed by atoms with E-state index in [1.54, 1.807) is 6.07 Å². The lowest BCUT2D eigenvalue weighted by molar-refractivity contribution is 0.312. The van der Waals surface area contributed by atoms with Gasteiger partial charge in [-0.25, -0.2) is 4.39 Å². The van der Waals surface area contributed by atoms with Gasteiger partial charge in [0, 0.05) is 25.8 Å². The highest BCUT2D eigenvalue weighted by atomic mass is 19.1.